The number of carbonyl (C=O) groups is 1. The van der Waals surface area contributed by atoms with E-state index in [9.17, 15) is 4.79 Å². The Balaban J connectivity index is 1.67. The maximum absolute atomic E-state index is 12.6. The molecule has 0 aliphatic rings. The molecule has 0 radical (unpaired) electrons. The normalized spacial score (nSPS) is 11.2. The quantitative estimate of drug-likeness (QED) is 0.630. The van der Waals surface area contributed by atoms with Gasteiger partial charge in [0, 0.05) is 11.9 Å². The van der Waals surface area contributed by atoms with E-state index < -0.39 is 0 Å². The Labute approximate surface area is 170 Å². The molecule has 0 saturated heterocycles. The van der Waals surface area contributed by atoms with Crippen molar-refractivity contribution < 1.29 is 9.53 Å². The summed E-state index contributed by atoms with van der Waals surface area (Å²) in [5.41, 5.74) is 3.73. The van der Waals surface area contributed by atoms with E-state index in [-0.39, 0.29) is 18.7 Å². The molecule has 6 heteroatoms. The molecule has 146 valence electrons. The SMILES string of the molecule is Cc1ccc(CC(NC(=O)Nc2ccc(OCC#N)cc2)c2ccccn2)cc1. The van der Waals surface area contributed by atoms with Gasteiger partial charge in [0.05, 0.1) is 11.7 Å². The van der Waals surface area contributed by atoms with E-state index in [1.165, 1.54) is 5.56 Å². The van der Waals surface area contributed by atoms with Crippen LogP contribution in [0.15, 0.2) is 72.9 Å². The minimum absolute atomic E-state index is 0.0158. The van der Waals surface area contributed by atoms with Gasteiger partial charge in [-0.15, -0.1) is 0 Å². The summed E-state index contributed by atoms with van der Waals surface area (Å²) in [5, 5.41) is 14.4. The molecule has 29 heavy (non-hydrogen) atoms. The molecule has 0 aliphatic carbocycles. The Morgan fingerprint density at radius 2 is 1.86 bits per heavy atom. The third kappa shape index (κ3) is 6.08. The second-order valence-electron chi connectivity index (χ2n) is 6.57. The number of urea groups is 1. The lowest BCUT2D eigenvalue weighted by Crippen LogP contribution is -2.34. The van der Waals surface area contributed by atoms with Crippen LogP contribution in [0.1, 0.15) is 22.9 Å². The molecule has 2 N–H and O–H groups in total. The number of ether oxygens (including phenoxy) is 1. The predicted octanol–water partition coefficient (Wildman–Crippen LogP) is 4.40. The van der Waals surface area contributed by atoms with E-state index in [4.69, 9.17) is 10.00 Å². The molecule has 0 saturated carbocycles. The van der Waals surface area contributed by atoms with E-state index in [0.29, 0.717) is 17.9 Å². The minimum atomic E-state index is -0.321. The van der Waals surface area contributed by atoms with Crippen LogP contribution in [-0.2, 0) is 6.42 Å². The first-order valence-corrected chi connectivity index (χ1v) is 9.28. The number of amides is 2. The number of nitrogens with zero attached hydrogens (tertiary/aromatic N) is 2. The lowest BCUT2D eigenvalue weighted by atomic mass is 10.0. The average Bonchev–Trinajstić information content (AvgIpc) is 2.75. The molecule has 1 unspecified atom stereocenters. The number of nitrogens with one attached hydrogen (secondary N) is 2. The predicted molar refractivity (Wildman–Crippen MR) is 112 cm³/mol. The molecule has 0 aliphatic heterocycles. The molecule has 0 spiro atoms. The zero-order chi connectivity index (χ0) is 20.5. The van der Waals surface area contributed by atoms with Crippen LogP contribution >= 0.6 is 0 Å². The highest BCUT2D eigenvalue weighted by Gasteiger charge is 2.16. The van der Waals surface area contributed by atoms with Crippen LogP contribution in [0.4, 0.5) is 10.5 Å². The van der Waals surface area contributed by atoms with E-state index in [1.54, 1.807) is 30.5 Å². The number of aromatic nitrogens is 1. The van der Waals surface area contributed by atoms with Gasteiger partial charge >= 0.3 is 6.03 Å². The highest BCUT2D eigenvalue weighted by Crippen LogP contribution is 2.19. The Hall–Kier alpha value is -3.85. The molecule has 1 heterocycles. The molecule has 2 aromatic carbocycles. The van der Waals surface area contributed by atoms with Crippen LogP contribution in [0.25, 0.3) is 0 Å². The summed E-state index contributed by atoms with van der Waals surface area (Å²) in [5.74, 6) is 0.572. The zero-order valence-corrected chi connectivity index (χ0v) is 16.1. The summed E-state index contributed by atoms with van der Waals surface area (Å²) in [6.45, 7) is 2.03. The molecule has 6 nitrogen and oxygen atoms in total. The number of anilines is 1. The number of hydrogen-bond donors (Lipinski definition) is 2. The number of hydrogen-bond acceptors (Lipinski definition) is 4. The van der Waals surface area contributed by atoms with Crippen molar-refractivity contribution in [1.29, 1.82) is 5.26 Å². The van der Waals surface area contributed by atoms with Gasteiger partial charge in [-0.05, 0) is 55.3 Å². The van der Waals surface area contributed by atoms with Gasteiger partial charge in [-0.2, -0.15) is 5.26 Å². The van der Waals surface area contributed by atoms with Gasteiger partial charge in [-0.1, -0.05) is 35.9 Å². The molecule has 0 bridgehead atoms. The van der Waals surface area contributed by atoms with Crippen molar-refractivity contribution in [3.8, 4) is 11.8 Å². The van der Waals surface area contributed by atoms with Crippen molar-refractivity contribution in [3.05, 3.63) is 89.7 Å². The molecule has 1 aromatic heterocycles. The zero-order valence-electron chi connectivity index (χ0n) is 16.1. The Morgan fingerprint density at radius 3 is 2.52 bits per heavy atom. The second-order valence-corrected chi connectivity index (χ2v) is 6.57. The maximum atomic E-state index is 12.6. The summed E-state index contributed by atoms with van der Waals surface area (Å²) in [6.07, 6.45) is 2.35. The van der Waals surface area contributed by atoms with Crippen LogP contribution in [0.3, 0.4) is 0 Å². The number of nitriles is 1. The molecule has 2 amide bonds. The highest BCUT2D eigenvalue weighted by atomic mass is 16.5. The van der Waals surface area contributed by atoms with Gasteiger partial charge in [0.2, 0.25) is 0 Å². The lowest BCUT2D eigenvalue weighted by Gasteiger charge is -2.19. The van der Waals surface area contributed by atoms with Crippen LogP contribution in [-0.4, -0.2) is 17.6 Å². The van der Waals surface area contributed by atoms with Crippen LogP contribution in [0.5, 0.6) is 5.75 Å². The third-order valence-electron chi connectivity index (χ3n) is 4.33. The van der Waals surface area contributed by atoms with E-state index in [1.807, 2.05) is 31.2 Å². The minimum Gasteiger partial charge on any atom is -0.479 e. The van der Waals surface area contributed by atoms with Crippen molar-refractivity contribution in [2.75, 3.05) is 11.9 Å². The smallest absolute Gasteiger partial charge is 0.319 e. The number of benzene rings is 2. The first-order chi connectivity index (χ1) is 14.1. The summed E-state index contributed by atoms with van der Waals surface area (Å²) in [7, 11) is 0. The average molecular weight is 386 g/mol. The number of carbonyl (C=O) groups excluding carboxylic acids is 1. The third-order valence-corrected chi connectivity index (χ3v) is 4.33. The second kappa shape index (κ2) is 9.90. The first-order valence-electron chi connectivity index (χ1n) is 9.28. The lowest BCUT2D eigenvalue weighted by molar-refractivity contribution is 0.248. The Kier molecular flexibility index (Phi) is 6.80. The fourth-order valence-electron chi connectivity index (χ4n) is 2.85. The van der Waals surface area contributed by atoms with Gasteiger partial charge in [-0.25, -0.2) is 4.79 Å². The monoisotopic (exact) mass is 386 g/mol. The van der Waals surface area contributed by atoms with Gasteiger partial charge in [-0.3, -0.25) is 4.98 Å². The fourth-order valence-corrected chi connectivity index (χ4v) is 2.85. The molecule has 0 fully saturated rings. The van der Waals surface area contributed by atoms with Crippen LogP contribution < -0.4 is 15.4 Å². The van der Waals surface area contributed by atoms with Crippen molar-refractivity contribution in [2.45, 2.75) is 19.4 Å². The summed E-state index contributed by atoms with van der Waals surface area (Å²) < 4.78 is 5.21. The van der Waals surface area contributed by atoms with Crippen molar-refractivity contribution in [1.82, 2.24) is 10.3 Å². The summed E-state index contributed by atoms with van der Waals surface area (Å²) in [6, 6.07) is 22.1. The van der Waals surface area contributed by atoms with E-state index >= 15 is 0 Å². The fraction of sp³-hybridized carbons (Fsp3) is 0.174. The molecular weight excluding hydrogens is 364 g/mol. The van der Waals surface area contributed by atoms with Crippen molar-refractivity contribution >= 4 is 11.7 Å². The van der Waals surface area contributed by atoms with E-state index in [2.05, 4.69) is 39.9 Å². The van der Waals surface area contributed by atoms with Gasteiger partial charge < -0.3 is 15.4 Å². The number of pyridine rings is 1. The van der Waals surface area contributed by atoms with Crippen molar-refractivity contribution in [3.63, 3.8) is 0 Å². The maximum Gasteiger partial charge on any atom is 0.319 e. The largest absolute Gasteiger partial charge is 0.479 e. The highest BCUT2D eigenvalue weighted by molar-refractivity contribution is 5.89. The molecular formula is C23H22N4O2. The van der Waals surface area contributed by atoms with E-state index in [0.717, 1.165) is 11.3 Å². The van der Waals surface area contributed by atoms with Gasteiger partial charge in [0.25, 0.3) is 0 Å². The van der Waals surface area contributed by atoms with Crippen LogP contribution in [0, 0.1) is 18.3 Å². The van der Waals surface area contributed by atoms with Gasteiger partial charge in [0.15, 0.2) is 6.61 Å². The van der Waals surface area contributed by atoms with Crippen molar-refractivity contribution in [2.24, 2.45) is 0 Å². The first kappa shape index (κ1) is 19.9. The molecule has 3 rings (SSSR count). The number of rotatable bonds is 7. The Bertz CT molecular complexity index is 965. The Morgan fingerprint density at radius 1 is 1.10 bits per heavy atom. The number of aryl methyl sites for hydroxylation is 1. The topological polar surface area (TPSA) is 87.0 Å². The molecule has 3 aromatic rings. The van der Waals surface area contributed by atoms with Crippen LogP contribution in [0.2, 0.25) is 0 Å². The summed E-state index contributed by atoms with van der Waals surface area (Å²) in [4.78, 5) is 17.0. The van der Waals surface area contributed by atoms with Gasteiger partial charge in [0.1, 0.15) is 11.8 Å². The molecule has 1 atom stereocenters. The standard InChI is InChI=1S/C23H22N4O2/c1-17-5-7-18(8-6-17)16-22(21-4-2-3-14-25-21)27-23(28)26-19-9-11-20(12-10-19)29-15-13-24/h2-12,14,22H,15-16H2,1H3,(H2,26,27,28). The summed E-state index contributed by atoms with van der Waals surface area (Å²) >= 11 is 0.